The molecule has 9 heteroatoms. The van der Waals surface area contributed by atoms with Gasteiger partial charge in [0.2, 0.25) is 5.88 Å². The van der Waals surface area contributed by atoms with Gasteiger partial charge in [0.15, 0.2) is 12.4 Å². The monoisotopic (exact) mass is 414 g/mol. The molecule has 3 rings (SSSR count). The van der Waals surface area contributed by atoms with Gasteiger partial charge in [-0.15, -0.1) is 0 Å². The molecule has 0 N–H and O–H groups in total. The van der Waals surface area contributed by atoms with Gasteiger partial charge < -0.3 is 14.4 Å². The van der Waals surface area contributed by atoms with Crippen molar-refractivity contribution in [3.8, 4) is 5.88 Å². The zero-order chi connectivity index (χ0) is 21.4. The van der Waals surface area contributed by atoms with E-state index in [4.69, 9.17) is 4.74 Å². The van der Waals surface area contributed by atoms with E-state index < -0.39 is 18.4 Å². The Kier molecular flexibility index (Phi) is 5.78. The largest absolute Gasteiger partial charge is 0.468 e. The molecule has 1 aromatic rings. The molecular formula is C20H25F3N2O4. The van der Waals surface area contributed by atoms with Gasteiger partial charge in [-0.05, 0) is 52.5 Å². The molecular weight excluding hydrogens is 389 g/mol. The Bertz CT molecular complexity index is 744. The van der Waals surface area contributed by atoms with Gasteiger partial charge in [0.1, 0.15) is 5.60 Å². The number of ketones is 1. The fraction of sp³-hybridized carbons (Fsp3) is 0.650. The lowest BCUT2D eigenvalue weighted by Crippen LogP contribution is -2.49. The lowest BCUT2D eigenvalue weighted by molar-refractivity contribution is -0.154. The number of ether oxygens (including phenoxy) is 2. The molecule has 2 bridgehead atoms. The van der Waals surface area contributed by atoms with Crippen LogP contribution >= 0.6 is 0 Å². The topological polar surface area (TPSA) is 68.7 Å². The molecule has 2 aliphatic heterocycles. The molecule has 0 spiro atoms. The highest BCUT2D eigenvalue weighted by Crippen LogP contribution is 2.40. The van der Waals surface area contributed by atoms with Crippen LogP contribution in [-0.2, 0) is 4.74 Å². The number of pyridine rings is 1. The number of carbonyl (C=O) groups is 2. The first kappa shape index (κ1) is 21.4. The van der Waals surface area contributed by atoms with E-state index in [1.54, 1.807) is 4.90 Å². The first-order chi connectivity index (χ1) is 13.4. The molecule has 2 fully saturated rings. The van der Waals surface area contributed by atoms with Crippen molar-refractivity contribution in [1.82, 2.24) is 9.88 Å². The van der Waals surface area contributed by atoms with Crippen molar-refractivity contribution in [2.24, 2.45) is 5.92 Å². The van der Waals surface area contributed by atoms with Crippen molar-refractivity contribution in [3.63, 3.8) is 0 Å². The maximum Gasteiger partial charge on any atom is 0.422 e. The van der Waals surface area contributed by atoms with Gasteiger partial charge in [0.25, 0.3) is 0 Å². The third kappa shape index (κ3) is 5.39. The summed E-state index contributed by atoms with van der Waals surface area (Å²) in [5.74, 6) is -0.547. The Hall–Kier alpha value is -2.32. The molecule has 2 saturated heterocycles. The first-order valence-corrected chi connectivity index (χ1v) is 9.64. The van der Waals surface area contributed by atoms with Gasteiger partial charge in [-0.1, -0.05) is 0 Å². The van der Waals surface area contributed by atoms with Crippen molar-refractivity contribution in [1.29, 1.82) is 0 Å². The van der Waals surface area contributed by atoms with E-state index >= 15 is 0 Å². The molecule has 29 heavy (non-hydrogen) atoms. The molecule has 2 atom stereocenters. The van der Waals surface area contributed by atoms with Crippen LogP contribution in [0.15, 0.2) is 18.3 Å². The summed E-state index contributed by atoms with van der Waals surface area (Å²) >= 11 is 0. The van der Waals surface area contributed by atoms with Crippen LogP contribution in [-0.4, -0.2) is 52.2 Å². The Morgan fingerprint density at radius 2 is 1.76 bits per heavy atom. The standard InChI is InChI=1S/C20H25F3N2O4/c1-19(2,3)29-18(27)25-14-5-6-15(25)9-13(8-14)17(26)12-4-7-16(24-10-12)28-11-20(21,22)23/h4,7,10,13-15H,5-6,8-9,11H2,1-3H3. The van der Waals surface area contributed by atoms with Crippen molar-refractivity contribution in [2.45, 2.75) is 70.3 Å². The van der Waals surface area contributed by atoms with E-state index in [0.29, 0.717) is 18.4 Å². The van der Waals surface area contributed by atoms with Crippen LogP contribution in [0, 0.1) is 5.92 Å². The Morgan fingerprint density at radius 3 is 2.24 bits per heavy atom. The second-order valence-electron chi connectivity index (χ2n) is 8.59. The number of carbonyl (C=O) groups excluding carboxylic acids is 2. The average molecular weight is 414 g/mol. The normalized spacial score (nSPS) is 24.3. The number of aromatic nitrogens is 1. The third-order valence-electron chi connectivity index (χ3n) is 5.11. The maximum absolute atomic E-state index is 12.9. The summed E-state index contributed by atoms with van der Waals surface area (Å²) in [5, 5.41) is 0. The molecule has 160 valence electrons. The number of hydrogen-bond acceptors (Lipinski definition) is 5. The molecule has 0 radical (unpaired) electrons. The highest BCUT2D eigenvalue weighted by molar-refractivity contribution is 5.97. The summed E-state index contributed by atoms with van der Waals surface area (Å²) in [7, 11) is 0. The highest BCUT2D eigenvalue weighted by Gasteiger charge is 2.46. The van der Waals surface area contributed by atoms with Gasteiger partial charge in [-0.2, -0.15) is 13.2 Å². The second kappa shape index (κ2) is 7.84. The number of alkyl halides is 3. The summed E-state index contributed by atoms with van der Waals surface area (Å²) < 4.78 is 46.7. The molecule has 6 nitrogen and oxygen atoms in total. The fourth-order valence-electron chi connectivity index (χ4n) is 4.01. The van der Waals surface area contributed by atoms with Crippen LogP contribution in [0.5, 0.6) is 5.88 Å². The van der Waals surface area contributed by atoms with E-state index in [1.165, 1.54) is 18.3 Å². The minimum Gasteiger partial charge on any atom is -0.468 e. The molecule has 0 aliphatic carbocycles. The van der Waals surface area contributed by atoms with Crippen LogP contribution in [0.1, 0.15) is 56.8 Å². The highest BCUT2D eigenvalue weighted by atomic mass is 19.4. The van der Waals surface area contributed by atoms with Gasteiger partial charge in [0, 0.05) is 35.8 Å². The maximum atomic E-state index is 12.9. The molecule has 1 aromatic heterocycles. The second-order valence-corrected chi connectivity index (χ2v) is 8.59. The van der Waals surface area contributed by atoms with E-state index in [2.05, 4.69) is 9.72 Å². The van der Waals surface area contributed by atoms with Crippen LogP contribution in [0.2, 0.25) is 0 Å². The third-order valence-corrected chi connectivity index (χ3v) is 5.11. The number of halogens is 3. The lowest BCUT2D eigenvalue weighted by Gasteiger charge is -2.39. The van der Waals surface area contributed by atoms with Gasteiger partial charge in [0.05, 0.1) is 0 Å². The number of piperidine rings is 1. The summed E-state index contributed by atoms with van der Waals surface area (Å²) in [6, 6.07) is 2.62. The Balaban J connectivity index is 1.62. The molecule has 2 unspecified atom stereocenters. The number of Topliss-reactive ketones (excluding diaryl/α,β-unsaturated/α-hetero) is 1. The van der Waals surface area contributed by atoms with Gasteiger partial charge in [-0.3, -0.25) is 4.79 Å². The zero-order valence-electron chi connectivity index (χ0n) is 16.7. The fourth-order valence-corrected chi connectivity index (χ4v) is 4.01. The molecule has 0 saturated carbocycles. The van der Waals surface area contributed by atoms with Crippen molar-refractivity contribution < 1.29 is 32.2 Å². The lowest BCUT2D eigenvalue weighted by atomic mass is 9.85. The smallest absolute Gasteiger partial charge is 0.422 e. The quantitative estimate of drug-likeness (QED) is 0.684. The van der Waals surface area contributed by atoms with Gasteiger partial charge >= 0.3 is 12.3 Å². The van der Waals surface area contributed by atoms with Crippen LogP contribution < -0.4 is 4.74 Å². The molecule has 1 amide bonds. The van der Waals surface area contributed by atoms with E-state index in [1.807, 2.05) is 20.8 Å². The van der Waals surface area contributed by atoms with Crippen molar-refractivity contribution in [3.05, 3.63) is 23.9 Å². The summed E-state index contributed by atoms with van der Waals surface area (Å²) in [6.07, 6.45) is -0.800. The SMILES string of the molecule is CC(C)(C)OC(=O)N1C2CCC1CC(C(=O)c1ccc(OCC(F)(F)F)nc1)C2. The molecule has 2 aliphatic rings. The van der Waals surface area contributed by atoms with Crippen molar-refractivity contribution >= 4 is 11.9 Å². The van der Waals surface area contributed by atoms with Gasteiger partial charge in [-0.25, -0.2) is 9.78 Å². The molecule has 3 heterocycles. The Morgan fingerprint density at radius 1 is 1.14 bits per heavy atom. The molecule has 0 aromatic carbocycles. The summed E-state index contributed by atoms with van der Waals surface area (Å²) in [5.41, 5.74) is -0.246. The van der Waals surface area contributed by atoms with E-state index in [9.17, 15) is 22.8 Å². The number of rotatable bonds is 4. The number of nitrogens with zero attached hydrogens (tertiary/aromatic N) is 2. The number of amides is 1. The predicted octanol–water partition coefficient (Wildman–Crippen LogP) is 4.38. The number of fused-ring (bicyclic) bond motifs is 2. The number of hydrogen-bond donors (Lipinski definition) is 0. The predicted molar refractivity (Wildman–Crippen MR) is 97.7 cm³/mol. The van der Waals surface area contributed by atoms with Crippen LogP contribution in [0.4, 0.5) is 18.0 Å². The first-order valence-electron chi connectivity index (χ1n) is 9.64. The van der Waals surface area contributed by atoms with Crippen LogP contribution in [0.3, 0.4) is 0 Å². The van der Waals surface area contributed by atoms with Crippen molar-refractivity contribution in [2.75, 3.05) is 6.61 Å². The minimum atomic E-state index is -4.45. The Labute approximate surface area is 167 Å². The van der Waals surface area contributed by atoms with Crippen LogP contribution in [0.25, 0.3) is 0 Å². The summed E-state index contributed by atoms with van der Waals surface area (Å²) in [4.78, 5) is 30.9. The zero-order valence-corrected chi connectivity index (χ0v) is 16.7. The summed E-state index contributed by atoms with van der Waals surface area (Å²) in [6.45, 7) is 4.02. The van der Waals surface area contributed by atoms with E-state index in [0.717, 1.165) is 12.8 Å². The van der Waals surface area contributed by atoms with E-state index in [-0.39, 0.29) is 35.8 Å². The average Bonchev–Trinajstić information content (AvgIpc) is 2.88. The minimum absolute atomic E-state index is 0.0418.